The van der Waals surface area contributed by atoms with E-state index in [9.17, 15) is 18.4 Å². The predicted octanol–water partition coefficient (Wildman–Crippen LogP) is 1.81. The number of benzene rings is 2. The molecule has 3 rings (SSSR count). The summed E-state index contributed by atoms with van der Waals surface area (Å²) in [6.07, 6.45) is 0. The summed E-state index contributed by atoms with van der Waals surface area (Å²) in [5, 5.41) is 2.75. The molecule has 2 amide bonds. The van der Waals surface area contributed by atoms with E-state index in [2.05, 4.69) is 14.9 Å². The van der Waals surface area contributed by atoms with E-state index in [1.165, 1.54) is 6.92 Å². The highest BCUT2D eigenvalue weighted by Gasteiger charge is 2.22. The second-order valence-corrected chi connectivity index (χ2v) is 7.53. The average molecular weight is 415 g/mol. The Morgan fingerprint density at radius 2 is 1.55 bits per heavy atom. The van der Waals surface area contributed by atoms with E-state index in [0.717, 1.165) is 30.9 Å². The van der Waals surface area contributed by atoms with Crippen LogP contribution in [0.4, 0.5) is 11.4 Å². The van der Waals surface area contributed by atoms with Crippen LogP contribution in [-0.4, -0.2) is 56.6 Å². The van der Waals surface area contributed by atoms with Gasteiger partial charge in [0.1, 0.15) is 0 Å². The Bertz CT molecular complexity index is 878. The van der Waals surface area contributed by atoms with E-state index in [-0.39, 0.29) is 11.8 Å². The average Bonchev–Trinajstić information content (AvgIpc) is 2.69. The maximum Gasteiger partial charge on any atom is 0.253 e. The fraction of sp³-hybridized carbons (Fsp3) is 0.300. The van der Waals surface area contributed by atoms with Crippen molar-refractivity contribution in [3.8, 4) is 0 Å². The van der Waals surface area contributed by atoms with Gasteiger partial charge in [-0.3, -0.25) is 18.7 Å². The first kappa shape index (κ1) is 21.0. The fourth-order valence-corrected chi connectivity index (χ4v) is 3.55. The van der Waals surface area contributed by atoms with Crippen molar-refractivity contribution in [3.05, 3.63) is 59.7 Å². The third-order valence-corrected chi connectivity index (χ3v) is 5.08. The predicted molar refractivity (Wildman–Crippen MR) is 111 cm³/mol. The number of carbonyl (C=O) groups is 2. The molecule has 1 aliphatic heterocycles. The number of anilines is 2. The highest BCUT2D eigenvalue weighted by atomic mass is 32.2. The van der Waals surface area contributed by atoms with Crippen LogP contribution >= 0.6 is 0 Å². The van der Waals surface area contributed by atoms with Gasteiger partial charge in [0.2, 0.25) is 5.91 Å². The third-order valence-electron chi connectivity index (χ3n) is 4.67. The molecule has 1 unspecified atom stereocenters. The number of hydrogen-bond donors (Lipinski definition) is 2. The largest absolute Gasteiger partial charge is 0.755 e. The summed E-state index contributed by atoms with van der Waals surface area (Å²) in [6, 6.07) is 14.2. The zero-order valence-electron chi connectivity index (χ0n) is 16.1. The third kappa shape index (κ3) is 6.11. The minimum atomic E-state index is -2.38. The normalized spacial score (nSPS) is 15.6. The van der Waals surface area contributed by atoms with Crippen LogP contribution in [0.25, 0.3) is 0 Å². The molecule has 0 spiro atoms. The summed E-state index contributed by atoms with van der Waals surface area (Å²) in [6.45, 7) is 5.08. The molecule has 1 fully saturated rings. The minimum absolute atomic E-state index is 0.0564. The minimum Gasteiger partial charge on any atom is -0.755 e. The first-order valence-corrected chi connectivity index (χ1v) is 10.3. The molecule has 2 aromatic rings. The molecular weight excluding hydrogens is 392 g/mol. The van der Waals surface area contributed by atoms with E-state index < -0.39 is 11.3 Å². The molecule has 0 saturated carbocycles. The topological polar surface area (TPSA) is 105 Å². The quantitative estimate of drug-likeness (QED) is 0.700. The maximum atomic E-state index is 12.7. The van der Waals surface area contributed by atoms with E-state index in [1.807, 2.05) is 29.2 Å². The van der Waals surface area contributed by atoms with E-state index in [1.54, 1.807) is 24.3 Å². The van der Waals surface area contributed by atoms with E-state index in [0.29, 0.717) is 24.3 Å². The molecule has 2 aromatic carbocycles. The summed E-state index contributed by atoms with van der Waals surface area (Å²) in [4.78, 5) is 27.8. The fourth-order valence-electron chi connectivity index (χ4n) is 3.22. The lowest BCUT2D eigenvalue weighted by atomic mass is 10.1. The number of piperazine rings is 1. The van der Waals surface area contributed by atoms with Gasteiger partial charge in [0.25, 0.3) is 5.91 Å². The van der Waals surface area contributed by atoms with Gasteiger partial charge >= 0.3 is 0 Å². The van der Waals surface area contributed by atoms with Crippen LogP contribution in [-0.2, 0) is 22.6 Å². The lowest BCUT2D eigenvalue weighted by Crippen LogP contribution is -2.48. The summed E-state index contributed by atoms with van der Waals surface area (Å²) in [7, 11) is 0. The summed E-state index contributed by atoms with van der Waals surface area (Å²) >= 11 is -2.38. The second kappa shape index (κ2) is 9.64. The molecule has 1 atom stereocenters. The van der Waals surface area contributed by atoms with Crippen LogP contribution in [0, 0.1) is 0 Å². The molecular formula is C20H23N4O4S-. The molecule has 29 heavy (non-hydrogen) atoms. The molecule has 0 aromatic heterocycles. The van der Waals surface area contributed by atoms with E-state index in [4.69, 9.17) is 0 Å². The van der Waals surface area contributed by atoms with Crippen LogP contribution in [0.1, 0.15) is 22.8 Å². The summed E-state index contributed by atoms with van der Waals surface area (Å²) in [5.41, 5.74) is 2.88. The summed E-state index contributed by atoms with van der Waals surface area (Å²) < 4.78 is 23.6. The molecule has 1 aliphatic rings. The van der Waals surface area contributed by atoms with Crippen LogP contribution in [0.3, 0.4) is 0 Å². The number of carbonyl (C=O) groups excluding carboxylic acids is 2. The van der Waals surface area contributed by atoms with Crippen molar-refractivity contribution in [1.82, 2.24) is 9.80 Å². The Hall–Kier alpha value is -2.75. The zero-order valence-corrected chi connectivity index (χ0v) is 16.9. The Labute approximate surface area is 172 Å². The standard InChI is InChI=1S/C20H24N4O4S/c1-15(25)21-18-6-2-16(3-7-18)14-23-10-12-24(13-11-23)20(26)17-4-8-19(9-5-17)22-29(27)28/h2-9,22H,10-14H2,1H3,(H,21,25)(H,27,28)/p-1. The Kier molecular flexibility index (Phi) is 6.97. The lowest BCUT2D eigenvalue weighted by molar-refractivity contribution is -0.114. The first-order valence-electron chi connectivity index (χ1n) is 9.25. The Morgan fingerprint density at radius 3 is 2.10 bits per heavy atom. The van der Waals surface area contributed by atoms with Gasteiger partial charge in [-0.1, -0.05) is 12.1 Å². The van der Waals surface area contributed by atoms with Crippen molar-refractivity contribution in [2.45, 2.75) is 13.5 Å². The van der Waals surface area contributed by atoms with Crippen molar-refractivity contribution >= 4 is 34.5 Å². The van der Waals surface area contributed by atoms with Gasteiger partial charge < -0.3 is 19.5 Å². The van der Waals surface area contributed by atoms with Gasteiger partial charge in [0.05, 0.1) is 0 Å². The van der Waals surface area contributed by atoms with Crippen LogP contribution in [0.15, 0.2) is 48.5 Å². The van der Waals surface area contributed by atoms with E-state index >= 15 is 0 Å². The molecule has 0 aliphatic carbocycles. The van der Waals surface area contributed by atoms with Crippen molar-refractivity contribution in [2.75, 3.05) is 36.2 Å². The second-order valence-electron chi connectivity index (χ2n) is 6.86. The summed E-state index contributed by atoms with van der Waals surface area (Å²) in [5.74, 6) is -0.149. The van der Waals surface area contributed by atoms with Gasteiger partial charge in [-0.15, -0.1) is 0 Å². The lowest BCUT2D eigenvalue weighted by Gasteiger charge is -2.34. The maximum absolute atomic E-state index is 12.7. The molecule has 0 bridgehead atoms. The Balaban J connectivity index is 1.50. The number of amides is 2. The highest BCUT2D eigenvalue weighted by molar-refractivity contribution is 7.80. The van der Waals surface area contributed by atoms with Crippen molar-refractivity contribution < 1.29 is 18.4 Å². The monoisotopic (exact) mass is 415 g/mol. The molecule has 0 radical (unpaired) electrons. The number of nitrogens with one attached hydrogen (secondary N) is 2. The zero-order chi connectivity index (χ0) is 20.8. The number of hydrogen-bond acceptors (Lipinski definition) is 5. The smallest absolute Gasteiger partial charge is 0.253 e. The van der Waals surface area contributed by atoms with Crippen LogP contribution < -0.4 is 10.0 Å². The molecule has 9 heteroatoms. The number of rotatable bonds is 6. The molecule has 2 N–H and O–H groups in total. The Morgan fingerprint density at radius 1 is 0.966 bits per heavy atom. The van der Waals surface area contributed by atoms with Crippen LogP contribution in [0.2, 0.25) is 0 Å². The van der Waals surface area contributed by atoms with Gasteiger partial charge in [-0.25, -0.2) is 0 Å². The van der Waals surface area contributed by atoms with Crippen LogP contribution in [0.5, 0.6) is 0 Å². The van der Waals surface area contributed by atoms with Crippen molar-refractivity contribution in [2.24, 2.45) is 0 Å². The number of nitrogens with zero attached hydrogens (tertiary/aromatic N) is 2. The molecule has 1 saturated heterocycles. The van der Waals surface area contributed by atoms with Gasteiger partial charge in [0, 0.05) is 67.9 Å². The highest BCUT2D eigenvalue weighted by Crippen LogP contribution is 2.16. The van der Waals surface area contributed by atoms with Gasteiger partial charge in [-0.2, -0.15) is 0 Å². The molecule has 8 nitrogen and oxygen atoms in total. The van der Waals surface area contributed by atoms with Crippen molar-refractivity contribution in [3.63, 3.8) is 0 Å². The SMILES string of the molecule is CC(=O)Nc1ccc(CN2CCN(C(=O)c3ccc(NS(=O)[O-])cc3)CC2)cc1. The van der Waals surface area contributed by atoms with Crippen molar-refractivity contribution in [1.29, 1.82) is 0 Å². The first-order chi connectivity index (χ1) is 13.9. The van der Waals surface area contributed by atoms with Gasteiger partial charge in [-0.05, 0) is 42.0 Å². The molecule has 154 valence electrons. The van der Waals surface area contributed by atoms with Gasteiger partial charge in [0.15, 0.2) is 0 Å². The molecule has 1 heterocycles.